The van der Waals surface area contributed by atoms with Crippen LogP contribution in [0.25, 0.3) is 0 Å². The van der Waals surface area contributed by atoms with Crippen molar-refractivity contribution < 1.29 is 23.1 Å². The quantitative estimate of drug-likeness (QED) is 0.331. The normalized spacial score (nSPS) is 19.7. The van der Waals surface area contributed by atoms with E-state index in [9.17, 15) is 0 Å². The lowest BCUT2D eigenvalue weighted by Crippen LogP contribution is -2.60. The van der Waals surface area contributed by atoms with Crippen LogP contribution in [0.5, 0.6) is 0 Å². The molecule has 1 fully saturated rings. The van der Waals surface area contributed by atoms with E-state index in [4.69, 9.17) is 23.1 Å². The predicted octanol–water partition coefficient (Wildman–Crippen LogP) is 1.88. The Balaban J connectivity index is 2.39. The SMILES string of the molecule is CCOC(C)(C)[Si](CCCOCC1CO1)(OC)OC. The maximum Gasteiger partial charge on any atom is 0.370 e. The van der Waals surface area contributed by atoms with Gasteiger partial charge in [0.25, 0.3) is 0 Å². The van der Waals surface area contributed by atoms with Gasteiger partial charge in [-0.2, -0.15) is 0 Å². The number of rotatable bonds is 11. The molecule has 0 aromatic carbocycles. The van der Waals surface area contributed by atoms with E-state index >= 15 is 0 Å². The minimum Gasteiger partial charge on any atom is -0.396 e. The van der Waals surface area contributed by atoms with Crippen LogP contribution in [0.2, 0.25) is 6.04 Å². The summed E-state index contributed by atoms with van der Waals surface area (Å²) < 4.78 is 28.0. The fraction of sp³-hybridized carbons (Fsp3) is 1.00. The third-order valence-electron chi connectivity index (χ3n) is 3.58. The molecule has 114 valence electrons. The zero-order valence-electron chi connectivity index (χ0n) is 12.9. The summed E-state index contributed by atoms with van der Waals surface area (Å²) in [6.45, 7) is 9.00. The molecule has 0 N–H and O–H groups in total. The van der Waals surface area contributed by atoms with Crippen LogP contribution in [-0.4, -0.2) is 60.5 Å². The number of ether oxygens (including phenoxy) is 3. The standard InChI is InChI=1S/C13H28O5Si/c1-6-18-13(2,3)19(14-4,15-5)9-7-8-16-10-12-11-17-12/h12H,6-11H2,1-5H3. The van der Waals surface area contributed by atoms with E-state index in [0.29, 0.717) is 25.9 Å². The molecule has 19 heavy (non-hydrogen) atoms. The average Bonchev–Trinajstić information content (AvgIpc) is 3.18. The molecule has 0 spiro atoms. The zero-order chi connectivity index (χ0) is 14.4. The first-order chi connectivity index (χ1) is 9.01. The average molecular weight is 292 g/mol. The topological polar surface area (TPSA) is 49.5 Å². The number of epoxide rings is 1. The van der Waals surface area contributed by atoms with Gasteiger partial charge in [-0.05, 0) is 33.2 Å². The fourth-order valence-corrected chi connectivity index (χ4v) is 5.47. The summed E-state index contributed by atoms with van der Waals surface area (Å²) >= 11 is 0. The van der Waals surface area contributed by atoms with Gasteiger partial charge in [-0.25, -0.2) is 0 Å². The van der Waals surface area contributed by atoms with Gasteiger partial charge in [-0.1, -0.05) is 0 Å². The second-order valence-electron chi connectivity index (χ2n) is 5.24. The minimum absolute atomic E-state index is 0.326. The monoisotopic (exact) mass is 292 g/mol. The van der Waals surface area contributed by atoms with E-state index < -0.39 is 8.56 Å². The third-order valence-corrected chi connectivity index (χ3v) is 7.89. The first-order valence-corrected chi connectivity index (χ1v) is 8.97. The zero-order valence-corrected chi connectivity index (χ0v) is 13.9. The largest absolute Gasteiger partial charge is 0.396 e. The van der Waals surface area contributed by atoms with E-state index in [1.807, 2.05) is 6.92 Å². The molecule has 5 nitrogen and oxygen atoms in total. The molecule has 1 rings (SSSR count). The Morgan fingerprint density at radius 3 is 2.37 bits per heavy atom. The lowest BCUT2D eigenvalue weighted by molar-refractivity contribution is 0.00437. The van der Waals surface area contributed by atoms with Crippen LogP contribution in [0.15, 0.2) is 0 Å². The summed E-state index contributed by atoms with van der Waals surface area (Å²) in [6, 6.07) is 0.860. The Kier molecular flexibility index (Phi) is 6.92. The van der Waals surface area contributed by atoms with Crippen LogP contribution in [0, 0.1) is 0 Å². The molecular formula is C13H28O5Si. The maximum absolute atomic E-state index is 5.83. The first kappa shape index (κ1) is 17.1. The molecule has 0 saturated carbocycles. The van der Waals surface area contributed by atoms with Crippen molar-refractivity contribution in [1.29, 1.82) is 0 Å². The van der Waals surface area contributed by atoms with Crippen LogP contribution in [0.4, 0.5) is 0 Å². The Labute approximate surface area is 117 Å². The van der Waals surface area contributed by atoms with Crippen LogP contribution < -0.4 is 0 Å². The second kappa shape index (κ2) is 7.71. The predicted molar refractivity (Wildman–Crippen MR) is 75.5 cm³/mol. The molecule has 0 bridgehead atoms. The van der Waals surface area contributed by atoms with Crippen LogP contribution in [0.1, 0.15) is 27.2 Å². The van der Waals surface area contributed by atoms with Crippen molar-refractivity contribution in [3.63, 3.8) is 0 Å². The van der Waals surface area contributed by atoms with Crippen molar-refractivity contribution >= 4 is 8.56 Å². The van der Waals surface area contributed by atoms with Gasteiger partial charge in [0.1, 0.15) is 11.3 Å². The molecule has 0 aromatic rings. The summed E-state index contributed by atoms with van der Waals surface area (Å²) in [6.07, 6.45) is 1.24. The smallest absolute Gasteiger partial charge is 0.370 e. The van der Waals surface area contributed by atoms with E-state index in [0.717, 1.165) is 19.1 Å². The molecule has 1 aliphatic heterocycles. The van der Waals surface area contributed by atoms with Gasteiger partial charge in [0, 0.05) is 27.4 Å². The molecule has 1 aliphatic rings. The maximum atomic E-state index is 5.83. The van der Waals surface area contributed by atoms with Crippen molar-refractivity contribution in [2.24, 2.45) is 0 Å². The van der Waals surface area contributed by atoms with E-state index in [1.54, 1.807) is 14.2 Å². The summed E-state index contributed by atoms with van der Waals surface area (Å²) in [4.78, 5) is 0. The first-order valence-electron chi connectivity index (χ1n) is 6.95. The molecular weight excluding hydrogens is 264 g/mol. The minimum atomic E-state index is -2.39. The highest BCUT2D eigenvalue weighted by Gasteiger charge is 2.51. The van der Waals surface area contributed by atoms with E-state index in [2.05, 4.69) is 13.8 Å². The fourth-order valence-electron chi connectivity index (χ4n) is 2.34. The lowest BCUT2D eigenvalue weighted by Gasteiger charge is -2.40. The highest BCUT2D eigenvalue weighted by Crippen LogP contribution is 2.30. The van der Waals surface area contributed by atoms with Crippen molar-refractivity contribution in [2.75, 3.05) is 40.6 Å². The molecule has 1 atom stereocenters. The van der Waals surface area contributed by atoms with Gasteiger partial charge in [-0.15, -0.1) is 0 Å². The number of hydrogen-bond acceptors (Lipinski definition) is 5. The van der Waals surface area contributed by atoms with E-state index in [1.165, 1.54) is 0 Å². The Hall–Kier alpha value is 0.0169. The molecule has 1 unspecified atom stereocenters. The van der Waals surface area contributed by atoms with E-state index in [-0.39, 0.29) is 5.22 Å². The highest BCUT2D eigenvalue weighted by molar-refractivity contribution is 6.70. The lowest BCUT2D eigenvalue weighted by atomic mass is 10.4. The van der Waals surface area contributed by atoms with Crippen molar-refractivity contribution in [1.82, 2.24) is 0 Å². The van der Waals surface area contributed by atoms with Crippen molar-refractivity contribution in [3.8, 4) is 0 Å². The molecule has 0 aromatic heterocycles. The Morgan fingerprint density at radius 2 is 1.89 bits per heavy atom. The molecule has 6 heteroatoms. The van der Waals surface area contributed by atoms with Gasteiger partial charge < -0.3 is 23.1 Å². The van der Waals surface area contributed by atoms with Gasteiger partial charge in [-0.3, -0.25) is 0 Å². The molecule has 1 heterocycles. The summed E-state index contributed by atoms with van der Waals surface area (Å²) in [5.74, 6) is 0. The Bertz CT molecular complexity index is 251. The summed E-state index contributed by atoms with van der Waals surface area (Å²) in [5.41, 5.74) is 0. The van der Waals surface area contributed by atoms with Gasteiger partial charge >= 0.3 is 8.56 Å². The van der Waals surface area contributed by atoms with Crippen LogP contribution in [-0.2, 0) is 23.1 Å². The third kappa shape index (κ3) is 4.80. The van der Waals surface area contributed by atoms with Crippen molar-refractivity contribution in [2.45, 2.75) is 44.6 Å². The molecule has 0 radical (unpaired) electrons. The molecule has 0 aliphatic carbocycles. The van der Waals surface area contributed by atoms with Crippen molar-refractivity contribution in [3.05, 3.63) is 0 Å². The number of hydrogen-bond donors (Lipinski definition) is 0. The Morgan fingerprint density at radius 1 is 1.26 bits per heavy atom. The second-order valence-corrected chi connectivity index (χ2v) is 9.26. The molecule has 1 saturated heterocycles. The molecule has 0 amide bonds. The van der Waals surface area contributed by atoms with Crippen LogP contribution >= 0.6 is 0 Å². The van der Waals surface area contributed by atoms with Gasteiger partial charge in [0.05, 0.1) is 13.2 Å². The van der Waals surface area contributed by atoms with Gasteiger partial charge in [0.2, 0.25) is 0 Å². The summed E-state index contributed by atoms with van der Waals surface area (Å²) in [7, 11) is 1.05. The summed E-state index contributed by atoms with van der Waals surface area (Å²) in [5, 5.41) is -0.370. The van der Waals surface area contributed by atoms with Crippen LogP contribution in [0.3, 0.4) is 0 Å². The highest BCUT2D eigenvalue weighted by atomic mass is 28.4. The van der Waals surface area contributed by atoms with Gasteiger partial charge in [0.15, 0.2) is 0 Å².